The van der Waals surface area contributed by atoms with Crippen molar-refractivity contribution in [2.24, 2.45) is 0 Å². The second-order valence-corrected chi connectivity index (χ2v) is 4.56. The average Bonchev–Trinajstić information content (AvgIpc) is 2.17. The van der Waals surface area contributed by atoms with Crippen molar-refractivity contribution < 1.29 is 0 Å². The van der Waals surface area contributed by atoms with E-state index in [0.29, 0.717) is 0 Å². The summed E-state index contributed by atoms with van der Waals surface area (Å²) in [5.74, 6) is 1.12. The summed E-state index contributed by atoms with van der Waals surface area (Å²) in [5.41, 5.74) is 1.36. The molecule has 62 valence electrons. The molecule has 0 radical (unpaired) electrons. The van der Waals surface area contributed by atoms with Gasteiger partial charge in [-0.15, -0.1) is 23.5 Å². The van der Waals surface area contributed by atoms with E-state index in [1.54, 1.807) is 11.8 Å². The lowest BCUT2D eigenvalue weighted by Gasteiger charge is -2.10. The van der Waals surface area contributed by atoms with Crippen LogP contribution in [0.5, 0.6) is 0 Å². The van der Waals surface area contributed by atoms with Gasteiger partial charge < -0.3 is 0 Å². The molecule has 2 rings (SSSR count). The van der Waals surface area contributed by atoms with Gasteiger partial charge in [0, 0.05) is 15.5 Å². The Balaban J connectivity index is 2.44. The van der Waals surface area contributed by atoms with Gasteiger partial charge in [0.05, 0.1) is 0 Å². The fourth-order valence-electron chi connectivity index (χ4n) is 1.22. The molecule has 0 N–H and O–H groups in total. The summed E-state index contributed by atoms with van der Waals surface area (Å²) in [6.07, 6.45) is 6.53. The van der Waals surface area contributed by atoms with Crippen LogP contribution in [0.1, 0.15) is 5.56 Å². The lowest BCUT2D eigenvalue weighted by atomic mass is 10.2. The Morgan fingerprint density at radius 3 is 3.17 bits per heavy atom. The zero-order chi connectivity index (χ0) is 8.39. The molecule has 0 unspecified atom stereocenters. The third-order valence-electron chi connectivity index (χ3n) is 1.85. The van der Waals surface area contributed by atoms with Gasteiger partial charge in [-0.25, -0.2) is 0 Å². The summed E-state index contributed by atoms with van der Waals surface area (Å²) < 4.78 is 0. The van der Waals surface area contributed by atoms with Crippen molar-refractivity contribution in [1.29, 1.82) is 0 Å². The van der Waals surface area contributed by atoms with Crippen LogP contribution in [0.4, 0.5) is 0 Å². The maximum absolute atomic E-state index is 2.27. The van der Waals surface area contributed by atoms with E-state index in [4.69, 9.17) is 0 Å². The van der Waals surface area contributed by atoms with Gasteiger partial charge in [-0.3, -0.25) is 0 Å². The van der Waals surface area contributed by atoms with Gasteiger partial charge in [0.25, 0.3) is 0 Å². The van der Waals surface area contributed by atoms with Crippen molar-refractivity contribution >= 4 is 29.6 Å². The maximum Gasteiger partial charge on any atom is 0.0164 e. The molecule has 0 fully saturated rings. The maximum atomic E-state index is 2.27. The molecule has 0 atom stereocenters. The first-order valence-corrected chi connectivity index (χ1v) is 6.08. The van der Waals surface area contributed by atoms with E-state index < -0.39 is 0 Å². The van der Waals surface area contributed by atoms with Gasteiger partial charge in [-0.05, 0) is 24.0 Å². The Hall–Kier alpha value is -0.340. The van der Waals surface area contributed by atoms with Crippen molar-refractivity contribution in [3.8, 4) is 0 Å². The summed E-state index contributed by atoms with van der Waals surface area (Å²) in [5, 5.41) is 0. The number of fused-ring (bicyclic) bond motifs is 1. The van der Waals surface area contributed by atoms with Gasteiger partial charge >= 0.3 is 0 Å². The van der Waals surface area contributed by atoms with Gasteiger partial charge in [-0.2, -0.15) is 0 Å². The standard InChI is InChI=1S/C10H10S2/c1-11-9-5-4-8-3-2-6-12-10(8)7-9/h2-5,7H,6H2,1H3. The Morgan fingerprint density at radius 1 is 1.42 bits per heavy atom. The quantitative estimate of drug-likeness (QED) is 0.627. The van der Waals surface area contributed by atoms with Crippen LogP contribution in [0.15, 0.2) is 34.1 Å². The van der Waals surface area contributed by atoms with E-state index in [0.717, 1.165) is 5.75 Å². The van der Waals surface area contributed by atoms with E-state index >= 15 is 0 Å². The minimum absolute atomic E-state index is 1.12. The average molecular weight is 194 g/mol. The molecule has 0 spiro atoms. The van der Waals surface area contributed by atoms with Gasteiger partial charge in [0.2, 0.25) is 0 Å². The first-order chi connectivity index (χ1) is 5.90. The molecule has 0 saturated heterocycles. The molecule has 1 heterocycles. The van der Waals surface area contributed by atoms with Gasteiger partial charge in [0.1, 0.15) is 0 Å². The predicted molar refractivity (Wildman–Crippen MR) is 58.0 cm³/mol. The molecular weight excluding hydrogens is 184 g/mol. The normalized spacial score (nSPS) is 14.4. The Labute approximate surface area is 81.4 Å². The minimum Gasteiger partial charge on any atom is -0.130 e. The number of rotatable bonds is 1. The number of hydrogen-bond acceptors (Lipinski definition) is 2. The van der Waals surface area contributed by atoms with Crippen molar-refractivity contribution in [3.05, 3.63) is 29.8 Å². The highest BCUT2D eigenvalue weighted by atomic mass is 32.2. The first-order valence-electron chi connectivity index (χ1n) is 3.87. The predicted octanol–water partition coefficient (Wildman–Crippen LogP) is 3.53. The third kappa shape index (κ3) is 1.54. The van der Waals surface area contributed by atoms with Crippen LogP contribution in [0, 0.1) is 0 Å². The first kappa shape index (κ1) is 8.27. The fraction of sp³-hybridized carbons (Fsp3) is 0.200. The van der Waals surface area contributed by atoms with Gasteiger partial charge in [-0.1, -0.05) is 18.2 Å². The fourth-order valence-corrected chi connectivity index (χ4v) is 2.62. The van der Waals surface area contributed by atoms with Crippen molar-refractivity contribution in [2.75, 3.05) is 12.0 Å². The molecule has 0 aromatic heterocycles. The molecule has 0 aliphatic carbocycles. The highest BCUT2D eigenvalue weighted by Crippen LogP contribution is 2.31. The van der Waals surface area contributed by atoms with Crippen LogP contribution in [0.3, 0.4) is 0 Å². The summed E-state index contributed by atoms with van der Waals surface area (Å²) in [4.78, 5) is 2.78. The molecule has 0 nitrogen and oxygen atoms in total. The van der Waals surface area contributed by atoms with Crippen molar-refractivity contribution in [2.45, 2.75) is 9.79 Å². The highest BCUT2D eigenvalue weighted by Gasteiger charge is 2.04. The number of thioether (sulfide) groups is 2. The second kappa shape index (κ2) is 3.58. The van der Waals surface area contributed by atoms with Crippen molar-refractivity contribution in [1.82, 2.24) is 0 Å². The van der Waals surface area contributed by atoms with E-state index in [2.05, 4.69) is 36.6 Å². The van der Waals surface area contributed by atoms with E-state index in [9.17, 15) is 0 Å². The largest absolute Gasteiger partial charge is 0.130 e. The smallest absolute Gasteiger partial charge is 0.0164 e. The lowest BCUT2D eigenvalue weighted by molar-refractivity contribution is 1.30. The molecule has 0 saturated carbocycles. The highest BCUT2D eigenvalue weighted by molar-refractivity contribution is 8.00. The minimum atomic E-state index is 1.12. The molecular formula is C10H10S2. The number of benzene rings is 1. The second-order valence-electron chi connectivity index (χ2n) is 2.62. The van der Waals surface area contributed by atoms with E-state index in [1.807, 2.05) is 11.8 Å². The SMILES string of the molecule is CSc1ccc2c(c1)SCC=C2. The molecule has 1 aromatic carbocycles. The van der Waals surface area contributed by atoms with Crippen LogP contribution >= 0.6 is 23.5 Å². The van der Waals surface area contributed by atoms with Crippen LogP contribution in [-0.2, 0) is 0 Å². The van der Waals surface area contributed by atoms with Crippen LogP contribution in [-0.4, -0.2) is 12.0 Å². The molecule has 1 aromatic rings. The van der Waals surface area contributed by atoms with Crippen LogP contribution < -0.4 is 0 Å². The Morgan fingerprint density at radius 2 is 2.33 bits per heavy atom. The van der Waals surface area contributed by atoms with E-state index in [1.165, 1.54) is 15.4 Å². The number of hydrogen-bond donors (Lipinski definition) is 0. The van der Waals surface area contributed by atoms with Gasteiger partial charge in [0.15, 0.2) is 0 Å². The van der Waals surface area contributed by atoms with Crippen molar-refractivity contribution in [3.63, 3.8) is 0 Å². The molecule has 0 bridgehead atoms. The molecule has 2 heteroatoms. The Bertz CT molecular complexity index is 316. The van der Waals surface area contributed by atoms with E-state index in [-0.39, 0.29) is 0 Å². The van der Waals surface area contributed by atoms with Crippen LogP contribution in [0.2, 0.25) is 0 Å². The molecule has 1 aliphatic rings. The summed E-state index contributed by atoms with van der Waals surface area (Å²) in [7, 11) is 0. The molecule has 1 aliphatic heterocycles. The molecule has 12 heavy (non-hydrogen) atoms. The lowest BCUT2D eigenvalue weighted by Crippen LogP contribution is -1.87. The zero-order valence-corrected chi connectivity index (χ0v) is 8.54. The molecule has 0 amide bonds. The topological polar surface area (TPSA) is 0 Å². The third-order valence-corrected chi connectivity index (χ3v) is 3.60. The summed E-state index contributed by atoms with van der Waals surface area (Å²) in [6, 6.07) is 6.65. The monoisotopic (exact) mass is 194 g/mol. The zero-order valence-electron chi connectivity index (χ0n) is 6.91. The summed E-state index contributed by atoms with van der Waals surface area (Å²) in [6.45, 7) is 0. The van der Waals surface area contributed by atoms with Crippen LogP contribution in [0.25, 0.3) is 6.08 Å². The Kier molecular flexibility index (Phi) is 2.47. The summed E-state index contributed by atoms with van der Waals surface area (Å²) >= 11 is 3.72.